The minimum absolute atomic E-state index is 0.948. The molecular formula is C15H14N2S. The molecule has 3 rings (SSSR count). The Balaban J connectivity index is 2.23. The fourth-order valence-electron chi connectivity index (χ4n) is 2.14. The van der Waals surface area contributed by atoms with E-state index in [9.17, 15) is 0 Å². The highest BCUT2D eigenvalue weighted by Gasteiger charge is 2.09. The molecule has 2 aromatic carbocycles. The number of para-hydroxylation sites is 1. The van der Waals surface area contributed by atoms with Crippen LogP contribution in [0.3, 0.4) is 0 Å². The van der Waals surface area contributed by atoms with E-state index in [1.165, 1.54) is 16.0 Å². The van der Waals surface area contributed by atoms with Gasteiger partial charge >= 0.3 is 0 Å². The van der Waals surface area contributed by atoms with E-state index in [2.05, 4.69) is 60.6 Å². The van der Waals surface area contributed by atoms with Crippen LogP contribution in [0.2, 0.25) is 0 Å². The van der Waals surface area contributed by atoms with E-state index in [0.717, 1.165) is 16.9 Å². The Labute approximate surface area is 110 Å². The second kappa shape index (κ2) is 4.50. The molecule has 2 nitrogen and oxygen atoms in total. The lowest BCUT2D eigenvalue weighted by molar-refractivity contribution is 1.29. The lowest BCUT2D eigenvalue weighted by atomic mass is 10.2. The monoisotopic (exact) mass is 254 g/mol. The van der Waals surface area contributed by atoms with E-state index in [0.29, 0.717) is 0 Å². The number of imidazole rings is 1. The molecule has 0 aliphatic rings. The number of aryl methyl sites for hydroxylation is 1. The molecule has 3 heteroatoms. The van der Waals surface area contributed by atoms with Gasteiger partial charge in [0.1, 0.15) is 5.82 Å². The Bertz CT molecular complexity index is 701. The highest BCUT2D eigenvalue weighted by atomic mass is 32.2. The summed E-state index contributed by atoms with van der Waals surface area (Å²) < 4.78 is 0. The summed E-state index contributed by atoms with van der Waals surface area (Å²) in [4.78, 5) is 9.37. The zero-order valence-corrected chi connectivity index (χ0v) is 11.2. The van der Waals surface area contributed by atoms with Gasteiger partial charge in [-0.25, -0.2) is 4.98 Å². The number of aromatic amines is 1. The van der Waals surface area contributed by atoms with Crippen molar-refractivity contribution in [1.82, 2.24) is 9.97 Å². The lowest BCUT2D eigenvalue weighted by Gasteiger charge is -2.02. The Kier molecular flexibility index (Phi) is 2.84. The van der Waals surface area contributed by atoms with Gasteiger partial charge in [0.15, 0.2) is 0 Å². The number of benzene rings is 2. The van der Waals surface area contributed by atoms with Gasteiger partial charge in [-0.15, -0.1) is 11.8 Å². The van der Waals surface area contributed by atoms with E-state index in [-0.39, 0.29) is 0 Å². The normalized spacial score (nSPS) is 11.0. The number of hydrogen-bond donors (Lipinski definition) is 1. The molecule has 0 saturated heterocycles. The topological polar surface area (TPSA) is 28.7 Å². The van der Waals surface area contributed by atoms with Gasteiger partial charge in [-0.2, -0.15) is 0 Å². The van der Waals surface area contributed by atoms with Crippen LogP contribution in [-0.4, -0.2) is 16.2 Å². The molecule has 1 N–H and O–H groups in total. The van der Waals surface area contributed by atoms with Crippen molar-refractivity contribution < 1.29 is 0 Å². The van der Waals surface area contributed by atoms with Crippen molar-refractivity contribution in [1.29, 1.82) is 0 Å². The molecule has 0 radical (unpaired) electrons. The maximum Gasteiger partial charge on any atom is 0.139 e. The van der Waals surface area contributed by atoms with E-state index >= 15 is 0 Å². The average molecular weight is 254 g/mol. The van der Waals surface area contributed by atoms with Crippen LogP contribution in [0.15, 0.2) is 47.4 Å². The first kappa shape index (κ1) is 11.4. The SMILES string of the molecule is CSc1ccccc1-c1nc2c(C)cccc2[nH]1. The standard InChI is InChI=1S/C15H14N2S/c1-10-6-5-8-12-14(10)17-15(16-12)11-7-3-4-9-13(11)18-2/h3-9H,1-2H3,(H,16,17). The molecule has 0 saturated carbocycles. The number of thioether (sulfide) groups is 1. The smallest absolute Gasteiger partial charge is 0.139 e. The van der Waals surface area contributed by atoms with Gasteiger partial charge in [0.2, 0.25) is 0 Å². The van der Waals surface area contributed by atoms with Crippen LogP contribution in [0.25, 0.3) is 22.4 Å². The van der Waals surface area contributed by atoms with E-state index < -0.39 is 0 Å². The molecule has 3 aromatic rings. The predicted molar refractivity (Wildman–Crippen MR) is 78.0 cm³/mol. The highest BCUT2D eigenvalue weighted by Crippen LogP contribution is 2.29. The van der Waals surface area contributed by atoms with E-state index in [1.807, 2.05) is 0 Å². The van der Waals surface area contributed by atoms with E-state index in [1.54, 1.807) is 11.8 Å². The number of fused-ring (bicyclic) bond motifs is 1. The molecule has 0 spiro atoms. The van der Waals surface area contributed by atoms with Gasteiger partial charge < -0.3 is 4.98 Å². The molecule has 0 amide bonds. The number of aromatic nitrogens is 2. The summed E-state index contributed by atoms with van der Waals surface area (Å²) >= 11 is 1.74. The second-order valence-corrected chi connectivity index (χ2v) is 5.10. The molecule has 1 aromatic heterocycles. The first-order valence-electron chi connectivity index (χ1n) is 5.88. The lowest BCUT2D eigenvalue weighted by Crippen LogP contribution is -1.83. The third-order valence-electron chi connectivity index (χ3n) is 3.08. The molecule has 0 atom stereocenters. The first-order chi connectivity index (χ1) is 8.79. The third-order valence-corrected chi connectivity index (χ3v) is 3.87. The number of nitrogens with zero attached hydrogens (tertiary/aromatic N) is 1. The van der Waals surface area contributed by atoms with Crippen molar-refractivity contribution in [3.8, 4) is 11.4 Å². The fraction of sp³-hybridized carbons (Fsp3) is 0.133. The zero-order valence-electron chi connectivity index (χ0n) is 10.4. The number of rotatable bonds is 2. The summed E-state index contributed by atoms with van der Waals surface area (Å²) in [7, 11) is 0. The quantitative estimate of drug-likeness (QED) is 0.692. The Morgan fingerprint density at radius 3 is 2.67 bits per heavy atom. The van der Waals surface area contributed by atoms with Gasteiger partial charge in [-0.05, 0) is 30.9 Å². The van der Waals surface area contributed by atoms with Crippen molar-refractivity contribution in [2.45, 2.75) is 11.8 Å². The average Bonchev–Trinajstić information content (AvgIpc) is 2.84. The molecule has 0 bridgehead atoms. The molecule has 0 unspecified atom stereocenters. The van der Waals surface area contributed by atoms with Crippen LogP contribution in [0.4, 0.5) is 0 Å². The molecule has 0 fully saturated rings. The number of hydrogen-bond acceptors (Lipinski definition) is 2. The molecular weight excluding hydrogens is 240 g/mol. The summed E-state index contributed by atoms with van der Waals surface area (Å²) in [6.07, 6.45) is 2.09. The molecule has 0 aliphatic heterocycles. The number of H-pyrrole nitrogens is 1. The second-order valence-electron chi connectivity index (χ2n) is 4.26. The van der Waals surface area contributed by atoms with Crippen LogP contribution in [0.1, 0.15) is 5.56 Å². The van der Waals surface area contributed by atoms with Gasteiger partial charge in [0.25, 0.3) is 0 Å². The van der Waals surface area contributed by atoms with Crippen molar-refractivity contribution in [3.63, 3.8) is 0 Å². The summed E-state index contributed by atoms with van der Waals surface area (Å²) in [6.45, 7) is 2.09. The largest absolute Gasteiger partial charge is 0.338 e. The van der Waals surface area contributed by atoms with Crippen molar-refractivity contribution in [2.75, 3.05) is 6.26 Å². The fourth-order valence-corrected chi connectivity index (χ4v) is 2.74. The van der Waals surface area contributed by atoms with Crippen LogP contribution >= 0.6 is 11.8 Å². The third kappa shape index (κ3) is 1.81. The maximum atomic E-state index is 4.72. The maximum absolute atomic E-state index is 4.72. The molecule has 1 heterocycles. The highest BCUT2D eigenvalue weighted by molar-refractivity contribution is 7.98. The summed E-state index contributed by atoms with van der Waals surface area (Å²) in [5.74, 6) is 0.948. The van der Waals surface area contributed by atoms with E-state index in [4.69, 9.17) is 4.98 Å². The van der Waals surface area contributed by atoms with Gasteiger partial charge in [0.05, 0.1) is 11.0 Å². The van der Waals surface area contributed by atoms with Crippen molar-refractivity contribution in [2.24, 2.45) is 0 Å². The Morgan fingerprint density at radius 2 is 1.89 bits per heavy atom. The minimum Gasteiger partial charge on any atom is -0.338 e. The molecule has 0 aliphatic carbocycles. The molecule has 18 heavy (non-hydrogen) atoms. The zero-order chi connectivity index (χ0) is 12.5. The van der Waals surface area contributed by atoms with Gasteiger partial charge in [0, 0.05) is 10.5 Å². The molecule has 90 valence electrons. The first-order valence-corrected chi connectivity index (χ1v) is 7.11. The summed E-state index contributed by atoms with van der Waals surface area (Å²) in [5, 5.41) is 0. The van der Waals surface area contributed by atoms with Gasteiger partial charge in [-0.3, -0.25) is 0 Å². The Morgan fingerprint density at radius 1 is 1.06 bits per heavy atom. The van der Waals surface area contributed by atoms with Crippen LogP contribution < -0.4 is 0 Å². The van der Waals surface area contributed by atoms with Crippen LogP contribution in [-0.2, 0) is 0 Å². The van der Waals surface area contributed by atoms with Crippen LogP contribution in [0, 0.1) is 6.92 Å². The minimum atomic E-state index is 0.948. The summed E-state index contributed by atoms with van der Waals surface area (Å²) in [5.41, 5.74) is 4.53. The van der Waals surface area contributed by atoms with Crippen molar-refractivity contribution in [3.05, 3.63) is 48.0 Å². The predicted octanol–water partition coefficient (Wildman–Crippen LogP) is 4.26. The van der Waals surface area contributed by atoms with Crippen LogP contribution in [0.5, 0.6) is 0 Å². The van der Waals surface area contributed by atoms with Gasteiger partial charge in [-0.1, -0.05) is 30.3 Å². The Hall–Kier alpha value is -1.74. The number of nitrogens with one attached hydrogen (secondary N) is 1. The summed E-state index contributed by atoms with van der Waals surface area (Å²) in [6, 6.07) is 14.6. The van der Waals surface area contributed by atoms with Crippen molar-refractivity contribution >= 4 is 22.8 Å².